The largest absolute Gasteiger partial charge is 0.497 e. The predicted molar refractivity (Wildman–Crippen MR) is 57.1 cm³/mol. The molecule has 1 rings (SSSR count). The van der Waals surface area contributed by atoms with Crippen molar-refractivity contribution in [2.75, 3.05) is 7.11 Å². The molecule has 0 atom stereocenters. The molecule has 0 saturated heterocycles. The summed E-state index contributed by atoms with van der Waals surface area (Å²) in [6, 6.07) is 5.67. The van der Waals surface area contributed by atoms with Gasteiger partial charge in [-0.15, -0.1) is 0 Å². The smallest absolute Gasteiger partial charge is 0.159 e. The van der Waals surface area contributed by atoms with Crippen LogP contribution in [0.1, 0.15) is 42.6 Å². The molecule has 0 aromatic heterocycles. The van der Waals surface area contributed by atoms with Gasteiger partial charge >= 0.3 is 0 Å². The number of hydrogen-bond acceptors (Lipinski definition) is 2. The van der Waals surface area contributed by atoms with Crippen molar-refractivity contribution in [1.82, 2.24) is 0 Å². The third-order valence-corrected chi connectivity index (χ3v) is 2.24. The number of carbonyl (C=O) groups excluding carboxylic acids is 1. The number of benzene rings is 1. The molecule has 1 aromatic rings. The standard InChI is InChI=1S/C12H16O2/c1-8(2)10-5-11(9(3)13)7-12(6-10)14-4/h5-8H,1-4H3. The molecule has 0 heterocycles. The maximum Gasteiger partial charge on any atom is 0.159 e. The molecule has 0 radical (unpaired) electrons. The molecule has 0 N–H and O–H groups in total. The second-order valence-electron chi connectivity index (χ2n) is 3.71. The summed E-state index contributed by atoms with van der Waals surface area (Å²) in [7, 11) is 1.61. The van der Waals surface area contributed by atoms with Crippen molar-refractivity contribution >= 4 is 5.78 Å². The molecule has 2 nitrogen and oxygen atoms in total. The van der Waals surface area contributed by atoms with Gasteiger partial charge in [-0.25, -0.2) is 0 Å². The minimum atomic E-state index is 0.0748. The third kappa shape index (κ3) is 2.34. The molecular formula is C12H16O2. The van der Waals surface area contributed by atoms with Gasteiger partial charge in [-0.1, -0.05) is 13.8 Å². The summed E-state index contributed by atoms with van der Waals surface area (Å²) >= 11 is 0. The highest BCUT2D eigenvalue weighted by atomic mass is 16.5. The average molecular weight is 192 g/mol. The normalized spacial score (nSPS) is 10.4. The fourth-order valence-electron chi connectivity index (χ4n) is 1.28. The van der Waals surface area contributed by atoms with E-state index in [4.69, 9.17) is 4.74 Å². The van der Waals surface area contributed by atoms with Crippen LogP contribution in [0.2, 0.25) is 0 Å². The number of ketones is 1. The van der Waals surface area contributed by atoms with Crippen LogP contribution in [0.5, 0.6) is 5.75 Å². The van der Waals surface area contributed by atoms with E-state index in [-0.39, 0.29) is 5.78 Å². The van der Waals surface area contributed by atoms with E-state index < -0.39 is 0 Å². The van der Waals surface area contributed by atoms with Crippen LogP contribution in [-0.2, 0) is 0 Å². The van der Waals surface area contributed by atoms with E-state index in [1.807, 2.05) is 12.1 Å². The van der Waals surface area contributed by atoms with E-state index in [0.717, 1.165) is 11.3 Å². The molecule has 0 aliphatic rings. The van der Waals surface area contributed by atoms with Gasteiger partial charge in [0.05, 0.1) is 7.11 Å². The predicted octanol–water partition coefficient (Wildman–Crippen LogP) is 3.02. The number of ether oxygens (including phenoxy) is 1. The first-order chi connectivity index (χ1) is 6.54. The molecule has 0 saturated carbocycles. The molecule has 0 fully saturated rings. The first-order valence-electron chi connectivity index (χ1n) is 4.74. The topological polar surface area (TPSA) is 26.3 Å². The molecule has 76 valence electrons. The van der Waals surface area contributed by atoms with Gasteiger partial charge in [-0.05, 0) is 36.6 Å². The van der Waals surface area contributed by atoms with Gasteiger partial charge in [0.15, 0.2) is 5.78 Å². The van der Waals surface area contributed by atoms with E-state index in [9.17, 15) is 4.79 Å². The van der Waals surface area contributed by atoms with Crippen molar-refractivity contribution < 1.29 is 9.53 Å². The first kappa shape index (κ1) is 10.8. The van der Waals surface area contributed by atoms with E-state index in [0.29, 0.717) is 11.5 Å². The molecule has 0 bridgehead atoms. The van der Waals surface area contributed by atoms with Crippen LogP contribution in [0.4, 0.5) is 0 Å². The zero-order valence-corrected chi connectivity index (χ0v) is 9.13. The highest BCUT2D eigenvalue weighted by Gasteiger charge is 2.07. The second-order valence-corrected chi connectivity index (χ2v) is 3.71. The zero-order chi connectivity index (χ0) is 10.7. The van der Waals surface area contributed by atoms with Crippen molar-refractivity contribution in [3.05, 3.63) is 29.3 Å². The van der Waals surface area contributed by atoms with Gasteiger partial charge in [0.2, 0.25) is 0 Å². The molecule has 0 aliphatic carbocycles. The van der Waals surface area contributed by atoms with Crippen molar-refractivity contribution in [3.63, 3.8) is 0 Å². The minimum Gasteiger partial charge on any atom is -0.497 e. The maximum atomic E-state index is 11.2. The number of methoxy groups -OCH3 is 1. The number of Topliss-reactive ketones (excluding diaryl/α,β-unsaturated/α-hetero) is 1. The number of rotatable bonds is 3. The van der Waals surface area contributed by atoms with Crippen molar-refractivity contribution in [1.29, 1.82) is 0 Å². The average Bonchev–Trinajstić information content (AvgIpc) is 2.16. The minimum absolute atomic E-state index is 0.0748. The molecular weight excluding hydrogens is 176 g/mol. The number of hydrogen-bond donors (Lipinski definition) is 0. The fraction of sp³-hybridized carbons (Fsp3) is 0.417. The Morgan fingerprint density at radius 3 is 2.36 bits per heavy atom. The summed E-state index contributed by atoms with van der Waals surface area (Å²) in [5, 5.41) is 0. The molecule has 1 aromatic carbocycles. The lowest BCUT2D eigenvalue weighted by Crippen LogP contribution is -1.97. The van der Waals surface area contributed by atoms with Crippen LogP contribution in [0, 0.1) is 0 Å². The zero-order valence-electron chi connectivity index (χ0n) is 9.13. The van der Waals surface area contributed by atoms with E-state index in [2.05, 4.69) is 13.8 Å². The maximum absolute atomic E-state index is 11.2. The Kier molecular flexibility index (Phi) is 3.28. The molecule has 0 spiro atoms. The quantitative estimate of drug-likeness (QED) is 0.688. The summed E-state index contributed by atoms with van der Waals surface area (Å²) in [6.07, 6.45) is 0. The van der Waals surface area contributed by atoms with Crippen LogP contribution in [0.25, 0.3) is 0 Å². The summed E-state index contributed by atoms with van der Waals surface area (Å²) in [5.41, 5.74) is 1.85. The Morgan fingerprint density at radius 1 is 1.29 bits per heavy atom. The highest BCUT2D eigenvalue weighted by Crippen LogP contribution is 2.23. The molecule has 0 amide bonds. The first-order valence-corrected chi connectivity index (χ1v) is 4.74. The molecule has 0 aliphatic heterocycles. The Bertz CT molecular complexity index is 340. The second kappa shape index (κ2) is 4.27. The Hall–Kier alpha value is -1.31. The van der Waals surface area contributed by atoms with Crippen molar-refractivity contribution in [2.24, 2.45) is 0 Å². The molecule has 2 heteroatoms. The van der Waals surface area contributed by atoms with Gasteiger partial charge in [0, 0.05) is 5.56 Å². The number of carbonyl (C=O) groups is 1. The summed E-state index contributed by atoms with van der Waals surface area (Å²) in [4.78, 5) is 11.2. The monoisotopic (exact) mass is 192 g/mol. The van der Waals surface area contributed by atoms with Crippen molar-refractivity contribution in [3.8, 4) is 5.75 Å². The summed E-state index contributed by atoms with van der Waals surface area (Å²) < 4.78 is 5.14. The Balaban J connectivity index is 3.20. The van der Waals surface area contributed by atoms with Gasteiger partial charge in [0.25, 0.3) is 0 Å². The van der Waals surface area contributed by atoms with Crippen molar-refractivity contribution in [2.45, 2.75) is 26.7 Å². The van der Waals surface area contributed by atoms with Gasteiger partial charge < -0.3 is 4.74 Å². The van der Waals surface area contributed by atoms with Crippen LogP contribution in [-0.4, -0.2) is 12.9 Å². The summed E-state index contributed by atoms with van der Waals surface area (Å²) in [5.74, 6) is 1.23. The van der Waals surface area contributed by atoms with E-state index in [1.165, 1.54) is 0 Å². The van der Waals surface area contributed by atoms with Crippen LogP contribution >= 0.6 is 0 Å². The lowest BCUT2D eigenvalue weighted by Gasteiger charge is -2.09. The lowest BCUT2D eigenvalue weighted by molar-refractivity contribution is 0.101. The van der Waals surface area contributed by atoms with E-state index in [1.54, 1.807) is 20.1 Å². The van der Waals surface area contributed by atoms with Crippen LogP contribution in [0.15, 0.2) is 18.2 Å². The molecule has 0 unspecified atom stereocenters. The summed E-state index contributed by atoms with van der Waals surface area (Å²) in [6.45, 7) is 5.76. The van der Waals surface area contributed by atoms with Gasteiger partial charge in [0.1, 0.15) is 5.75 Å². The van der Waals surface area contributed by atoms with Crippen LogP contribution in [0.3, 0.4) is 0 Å². The third-order valence-electron chi connectivity index (χ3n) is 2.24. The Labute approximate surface area is 84.9 Å². The Morgan fingerprint density at radius 2 is 1.93 bits per heavy atom. The van der Waals surface area contributed by atoms with E-state index >= 15 is 0 Å². The van der Waals surface area contributed by atoms with Gasteiger partial charge in [-0.2, -0.15) is 0 Å². The molecule has 14 heavy (non-hydrogen) atoms. The fourth-order valence-corrected chi connectivity index (χ4v) is 1.28. The SMILES string of the molecule is COc1cc(C(C)=O)cc(C(C)C)c1. The van der Waals surface area contributed by atoms with Gasteiger partial charge in [-0.3, -0.25) is 4.79 Å². The van der Waals surface area contributed by atoms with Crippen LogP contribution < -0.4 is 4.74 Å². The highest BCUT2D eigenvalue weighted by molar-refractivity contribution is 5.94. The lowest BCUT2D eigenvalue weighted by atomic mass is 9.99.